The van der Waals surface area contributed by atoms with E-state index in [1.807, 2.05) is 195 Å². The van der Waals surface area contributed by atoms with Crippen molar-refractivity contribution in [3.05, 3.63) is 344 Å². The highest BCUT2D eigenvalue weighted by Gasteiger charge is 2.19. The molecule has 0 heterocycles. The van der Waals surface area contributed by atoms with E-state index in [9.17, 15) is 38.4 Å². The Kier molecular flexibility index (Phi) is 39.3. The number of aryl methyl sites for hydroxylation is 10. The van der Waals surface area contributed by atoms with Crippen LogP contribution in [0, 0.1) is 69.2 Å². The number of carbonyl (C=O) groups excluding carboxylic acids is 8. The minimum Gasteiger partial charge on any atom is -0.497 e. The van der Waals surface area contributed by atoms with Gasteiger partial charge in [0.1, 0.15) is 69.1 Å². The molecule has 16 heteroatoms. The van der Waals surface area contributed by atoms with Crippen LogP contribution in [0.4, 0.5) is 0 Å². The molecule has 0 aromatic heterocycles. The van der Waals surface area contributed by atoms with Crippen LogP contribution in [0.1, 0.15) is 164 Å². The Balaban J connectivity index is 0.000000266. The third kappa shape index (κ3) is 32.2. The van der Waals surface area contributed by atoms with E-state index >= 15 is 0 Å². The van der Waals surface area contributed by atoms with Crippen LogP contribution in [-0.4, -0.2) is 75.4 Å². The third-order valence-electron chi connectivity index (χ3n) is 17.1. The maximum Gasteiger partial charge on any atom is 0.343 e. The van der Waals surface area contributed by atoms with Crippen LogP contribution in [0.25, 0.3) is 33.4 Å². The molecule has 16 nitrogen and oxygen atoms in total. The van der Waals surface area contributed by atoms with E-state index < -0.39 is 0 Å². The predicted octanol–water partition coefficient (Wildman–Crippen LogP) is 23.7. The van der Waals surface area contributed by atoms with Gasteiger partial charge in [0.05, 0.1) is 50.7 Å². The average Bonchev–Trinajstić information content (AvgIpc) is 0.772. The lowest BCUT2D eigenvalue weighted by molar-refractivity contribution is -0.115. The van der Waals surface area contributed by atoms with Crippen LogP contribution >= 0.6 is 0 Å². The van der Waals surface area contributed by atoms with E-state index in [2.05, 4.69) is 68.4 Å². The normalized spacial score (nSPS) is 9.90. The third-order valence-corrected chi connectivity index (χ3v) is 17.1. The Bertz CT molecular complexity index is 5220. The second-order valence-corrected chi connectivity index (χ2v) is 28.7. The molecule has 618 valence electrons. The number of carbonyl (C=O) groups is 8. The van der Waals surface area contributed by atoms with Gasteiger partial charge < -0.3 is 57.1 Å². The van der Waals surface area contributed by atoms with E-state index in [1.54, 1.807) is 89.1 Å². The first-order valence-electron chi connectivity index (χ1n) is 38.6. The van der Waals surface area contributed by atoms with Gasteiger partial charge in [0.2, 0.25) is 0 Å². The highest BCUT2D eigenvalue weighted by molar-refractivity contribution is 5.93. The lowest BCUT2D eigenvalue weighted by atomic mass is 9.96. The van der Waals surface area contributed by atoms with E-state index in [-0.39, 0.29) is 47.0 Å². The van der Waals surface area contributed by atoms with Gasteiger partial charge in [-0.05, 0) is 353 Å². The summed E-state index contributed by atoms with van der Waals surface area (Å²) in [6.45, 7) is 32.3. The first-order chi connectivity index (χ1) is 56.6. The molecule has 119 heavy (non-hydrogen) atoms. The number of hydrogen-bond donors (Lipinski definition) is 0. The zero-order valence-corrected chi connectivity index (χ0v) is 72.5. The van der Waals surface area contributed by atoms with Crippen molar-refractivity contribution in [3.8, 4) is 79.4 Å². The van der Waals surface area contributed by atoms with Crippen molar-refractivity contribution >= 4 is 47.0 Å². The van der Waals surface area contributed by atoms with Crippen LogP contribution < -0.4 is 37.9 Å². The van der Waals surface area contributed by atoms with Crippen LogP contribution in [0.5, 0.6) is 46.0 Å². The number of methoxy groups -OCH3 is 4. The van der Waals surface area contributed by atoms with Crippen molar-refractivity contribution in [2.75, 3.05) is 28.4 Å². The largest absolute Gasteiger partial charge is 0.497 e. The van der Waals surface area contributed by atoms with Crippen molar-refractivity contribution in [1.82, 2.24) is 0 Å². The molecule has 12 rings (SSSR count). The van der Waals surface area contributed by atoms with Gasteiger partial charge in [-0.2, -0.15) is 0 Å². The number of ketones is 4. The average molecular weight is 1600 g/mol. The Labute approximate surface area is 702 Å². The Morgan fingerprint density at radius 2 is 0.462 bits per heavy atom. The predicted molar refractivity (Wildman–Crippen MR) is 476 cm³/mol. The molecule has 0 aliphatic carbocycles. The standard InChI is InChI=1S/C25H26O3.C24H24O3.C22H20O3.C20H16O3.4C3H6O/c1-16-11-20(12-17(2)23(16)27-5)15-21-13-18(3)24(19(4)14-21)28-25(26)22-9-7-6-8-10-22;1-15-11-20(12-16(2)22(15)26-5)21-13-17(3)23(18(4)14-21)27-24(25)19-9-7-6-8-10-19;1-15-13-18(9-11-20(15)24-3)19-10-12-21(16(2)14-19)25-22(23)17-7-5-4-6-8-17;1-22-18-11-7-15(8-12-18)16-9-13-19(14-10-16)23-20(21)17-5-3-2-4-6-17;4*1-3(2)4/h6-14H,15H2,1-5H3;6-14H,1-5H3;4-14H,1-3H3;2-14H,1H3;4*1-2H3. The molecule has 0 aliphatic heterocycles. The maximum absolute atomic E-state index is 12.4. The lowest BCUT2D eigenvalue weighted by Crippen LogP contribution is -2.10. The van der Waals surface area contributed by atoms with Crippen LogP contribution in [-0.2, 0) is 25.6 Å². The summed E-state index contributed by atoms with van der Waals surface area (Å²) in [6, 6.07) is 80.0. The summed E-state index contributed by atoms with van der Waals surface area (Å²) in [4.78, 5) is 86.8. The number of esters is 4. The molecule has 0 fully saturated rings. The van der Waals surface area contributed by atoms with Gasteiger partial charge in [-0.1, -0.05) is 133 Å². The summed E-state index contributed by atoms with van der Waals surface area (Å²) in [5.41, 5.74) is 21.4. The van der Waals surface area contributed by atoms with Crippen LogP contribution in [0.15, 0.2) is 255 Å². The summed E-state index contributed by atoms with van der Waals surface area (Å²) in [5, 5.41) is 0. The number of rotatable bonds is 17. The highest BCUT2D eigenvalue weighted by atomic mass is 16.5. The van der Waals surface area contributed by atoms with Gasteiger partial charge >= 0.3 is 23.9 Å². The van der Waals surface area contributed by atoms with E-state index in [0.29, 0.717) is 45.3 Å². The molecule has 0 unspecified atom stereocenters. The Morgan fingerprint density at radius 1 is 0.218 bits per heavy atom. The van der Waals surface area contributed by atoms with Gasteiger partial charge in [-0.25, -0.2) is 19.2 Å². The first-order valence-corrected chi connectivity index (χ1v) is 38.6. The molecule has 0 saturated heterocycles. The van der Waals surface area contributed by atoms with Crippen molar-refractivity contribution < 1.29 is 76.3 Å². The molecule has 0 saturated carbocycles. The van der Waals surface area contributed by atoms with E-state index in [1.165, 1.54) is 66.5 Å². The number of benzene rings is 12. The Morgan fingerprint density at radius 3 is 0.748 bits per heavy atom. The molecule has 12 aromatic carbocycles. The summed E-state index contributed by atoms with van der Waals surface area (Å²) in [5.74, 6) is 5.19. The lowest BCUT2D eigenvalue weighted by Gasteiger charge is -2.15. The number of ether oxygens (including phenoxy) is 8. The van der Waals surface area contributed by atoms with Crippen molar-refractivity contribution in [3.63, 3.8) is 0 Å². The van der Waals surface area contributed by atoms with Gasteiger partial charge in [0, 0.05) is 0 Å². The highest BCUT2D eigenvalue weighted by Crippen LogP contribution is 2.37. The monoisotopic (exact) mass is 1600 g/mol. The molecular weight excluding hydrogens is 1490 g/mol. The SMILES string of the molecule is CC(C)=O.CC(C)=O.CC(C)=O.CC(C)=O.COc1c(C)cc(-c2cc(C)c(OC(=O)c3ccccc3)c(C)c2)cc1C.COc1c(C)cc(Cc2cc(C)c(OC(=O)c3ccccc3)c(C)c2)cc1C.COc1ccc(-c2ccc(OC(=O)c3ccccc3)c(C)c2)cc1C.COc1ccc(-c2ccc(OC(=O)c3ccccc3)cc2)cc1. The molecule has 0 N–H and O–H groups in total. The zero-order valence-electron chi connectivity index (χ0n) is 72.5. The number of Topliss-reactive ketones (excluding diaryl/α,β-unsaturated/α-hetero) is 4. The van der Waals surface area contributed by atoms with Gasteiger partial charge in [-0.3, -0.25) is 0 Å². The van der Waals surface area contributed by atoms with Gasteiger partial charge in [-0.15, -0.1) is 0 Å². The summed E-state index contributed by atoms with van der Waals surface area (Å²) in [7, 11) is 6.71. The molecule has 0 bridgehead atoms. The van der Waals surface area contributed by atoms with Gasteiger partial charge in [0.25, 0.3) is 0 Å². The zero-order chi connectivity index (χ0) is 88.0. The van der Waals surface area contributed by atoms with Crippen molar-refractivity contribution in [1.29, 1.82) is 0 Å². The topological polar surface area (TPSA) is 210 Å². The summed E-state index contributed by atoms with van der Waals surface area (Å²) >= 11 is 0. The van der Waals surface area contributed by atoms with Gasteiger partial charge in [0.15, 0.2) is 0 Å². The fraction of sp³-hybridized carbons (Fsp3) is 0.223. The quantitative estimate of drug-likeness (QED) is 0.0613. The fourth-order valence-corrected chi connectivity index (χ4v) is 12.1. The van der Waals surface area contributed by atoms with Crippen molar-refractivity contribution in [2.45, 2.75) is 131 Å². The second-order valence-electron chi connectivity index (χ2n) is 28.7. The Hall–Kier alpha value is -13.6. The van der Waals surface area contributed by atoms with Crippen molar-refractivity contribution in [2.24, 2.45) is 0 Å². The summed E-state index contributed by atoms with van der Waals surface area (Å²) in [6.07, 6.45) is 0.820. The number of hydrogen-bond acceptors (Lipinski definition) is 16. The molecule has 0 aliphatic rings. The fourth-order valence-electron chi connectivity index (χ4n) is 12.1. The molecular formula is C103H110O16. The van der Waals surface area contributed by atoms with E-state index in [0.717, 1.165) is 118 Å². The molecule has 0 atom stereocenters. The maximum atomic E-state index is 12.4. The second kappa shape index (κ2) is 48.7. The molecule has 12 aromatic rings. The summed E-state index contributed by atoms with van der Waals surface area (Å²) < 4.78 is 43.6. The van der Waals surface area contributed by atoms with Crippen LogP contribution in [0.2, 0.25) is 0 Å². The molecule has 0 spiro atoms. The molecule has 0 amide bonds. The smallest absolute Gasteiger partial charge is 0.343 e. The molecule has 0 radical (unpaired) electrons. The first kappa shape index (κ1) is 96.0. The minimum atomic E-state index is -0.359. The van der Waals surface area contributed by atoms with E-state index in [4.69, 9.17) is 37.9 Å². The minimum absolute atomic E-state index is 0.167. The van der Waals surface area contributed by atoms with Crippen LogP contribution in [0.3, 0.4) is 0 Å².